The van der Waals surface area contributed by atoms with E-state index in [1.165, 1.54) is 0 Å². The molecule has 0 aromatic heterocycles. The standard InChI is InChI=1S/C12H25NO3/c1-5-6-7-11(12(14)15)13-10(4)8-16-9(2)3/h9-11,13H,5-8H2,1-4H3,(H,14,15). The van der Waals surface area contributed by atoms with E-state index in [9.17, 15) is 4.79 Å². The predicted molar refractivity (Wildman–Crippen MR) is 64.6 cm³/mol. The summed E-state index contributed by atoms with van der Waals surface area (Å²) in [6.45, 7) is 8.50. The molecule has 4 heteroatoms. The molecule has 96 valence electrons. The Hall–Kier alpha value is -0.610. The molecule has 0 aliphatic carbocycles. The van der Waals surface area contributed by atoms with Gasteiger partial charge in [-0.1, -0.05) is 19.8 Å². The Labute approximate surface area is 98.4 Å². The summed E-state index contributed by atoms with van der Waals surface area (Å²) in [5, 5.41) is 12.1. The van der Waals surface area contributed by atoms with E-state index in [-0.39, 0.29) is 12.1 Å². The molecule has 0 heterocycles. The van der Waals surface area contributed by atoms with E-state index >= 15 is 0 Å². The number of hydrogen-bond acceptors (Lipinski definition) is 3. The summed E-state index contributed by atoms with van der Waals surface area (Å²) in [7, 11) is 0. The van der Waals surface area contributed by atoms with Crippen LogP contribution in [0.15, 0.2) is 0 Å². The molecule has 0 rings (SSSR count). The molecule has 0 bridgehead atoms. The van der Waals surface area contributed by atoms with Crippen molar-refractivity contribution in [3.05, 3.63) is 0 Å². The second-order valence-corrected chi connectivity index (χ2v) is 4.48. The zero-order valence-corrected chi connectivity index (χ0v) is 10.8. The highest BCUT2D eigenvalue weighted by atomic mass is 16.5. The van der Waals surface area contributed by atoms with Gasteiger partial charge in [-0.15, -0.1) is 0 Å². The molecule has 0 aromatic carbocycles. The highest BCUT2D eigenvalue weighted by Gasteiger charge is 2.18. The van der Waals surface area contributed by atoms with Crippen LogP contribution in [-0.2, 0) is 9.53 Å². The van der Waals surface area contributed by atoms with Gasteiger partial charge in [0.1, 0.15) is 6.04 Å². The van der Waals surface area contributed by atoms with Crippen molar-refractivity contribution in [2.45, 2.75) is 65.1 Å². The fourth-order valence-corrected chi connectivity index (χ4v) is 1.41. The van der Waals surface area contributed by atoms with Crippen molar-refractivity contribution in [3.8, 4) is 0 Å². The molecule has 0 aromatic rings. The van der Waals surface area contributed by atoms with Gasteiger partial charge in [0.15, 0.2) is 0 Å². The third-order valence-corrected chi connectivity index (χ3v) is 2.31. The van der Waals surface area contributed by atoms with Crippen LogP contribution in [-0.4, -0.2) is 35.9 Å². The van der Waals surface area contributed by atoms with Crippen LogP contribution in [0.25, 0.3) is 0 Å². The van der Waals surface area contributed by atoms with Gasteiger partial charge in [-0.2, -0.15) is 0 Å². The van der Waals surface area contributed by atoms with Crippen LogP contribution in [0.5, 0.6) is 0 Å². The first-order valence-electron chi connectivity index (χ1n) is 6.07. The van der Waals surface area contributed by atoms with Gasteiger partial charge in [-0.05, 0) is 27.2 Å². The predicted octanol–water partition coefficient (Wildman–Crippen LogP) is 2.03. The van der Waals surface area contributed by atoms with Crippen LogP contribution in [0.1, 0.15) is 47.0 Å². The van der Waals surface area contributed by atoms with Gasteiger partial charge in [0.05, 0.1) is 12.7 Å². The summed E-state index contributed by atoms with van der Waals surface area (Å²) in [5.41, 5.74) is 0. The van der Waals surface area contributed by atoms with E-state index in [1.54, 1.807) is 0 Å². The zero-order valence-electron chi connectivity index (χ0n) is 10.8. The van der Waals surface area contributed by atoms with E-state index < -0.39 is 12.0 Å². The number of carboxylic acid groups (broad SMARTS) is 1. The van der Waals surface area contributed by atoms with Gasteiger partial charge in [-0.25, -0.2) is 0 Å². The second-order valence-electron chi connectivity index (χ2n) is 4.48. The second kappa shape index (κ2) is 8.53. The molecule has 0 fully saturated rings. The van der Waals surface area contributed by atoms with Crippen LogP contribution in [0.4, 0.5) is 0 Å². The molecule has 2 unspecified atom stereocenters. The van der Waals surface area contributed by atoms with Gasteiger partial charge < -0.3 is 9.84 Å². The lowest BCUT2D eigenvalue weighted by molar-refractivity contribution is -0.140. The molecule has 4 nitrogen and oxygen atoms in total. The topological polar surface area (TPSA) is 58.6 Å². The van der Waals surface area contributed by atoms with Crippen molar-refractivity contribution < 1.29 is 14.6 Å². The van der Waals surface area contributed by atoms with Crippen LogP contribution < -0.4 is 5.32 Å². The van der Waals surface area contributed by atoms with Crippen LogP contribution in [0.3, 0.4) is 0 Å². The number of carboxylic acids is 1. The average Bonchev–Trinajstić information content (AvgIpc) is 2.20. The molecule has 16 heavy (non-hydrogen) atoms. The SMILES string of the molecule is CCCCC(NC(C)COC(C)C)C(=O)O. The number of aliphatic carboxylic acids is 1. The average molecular weight is 231 g/mol. The lowest BCUT2D eigenvalue weighted by Crippen LogP contribution is -2.44. The normalized spacial score (nSPS) is 15.1. The highest BCUT2D eigenvalue weighted by molar-refractivity contribution is 5.73. The molecule has 0 amide bonds. The van der Waals surface area contributed by atoms with Crippen molar-refractivity contribution >= 4 is 5.97 Å². The van der Waals surface area contributed by atoms with Gasteiger partial charge in [0.2, 0.25) is 0 Å². The number of unbranched alkanes of at least 4 members (excludes halogenated alkanes) is 1. The van der Waals surface area contributed by atoms with E-state index in [2.05, 4.69) is 12.2 Å². The quantitative estimate of drug-likeness (QED) is 0.637. The molecule has 2 N–H and O–H groups in total. The molecular formula is C12H25NO3. The monoisotopic (exact) mass is 231 g/mol. The maximum Gasteiger partial charge on any atom is 0.320 e. The maximum absolute atomic E-state index is 11.0. The Morgan fingerprint density at radius 3 is 2.44 bits per heavy atom. The summed E-state index contributed by atoms with van der Waals surface area (Å²) < 4.78 is 5.43. The number of carbonyl (C=O) groups is 1. The zero-order chi connectivity index (χ0) is 12.6. The highest BCUT2D eigenvalue weighted by Crippen LogP contribution is 2.03. The molecule has 0 spiro atoms. The van der Waals surface area contributed by atoms with Crippen LogP contribution >= 0.6 is 0 Å². The van der Waals surface area contributed by atoms with E-state index in [1.807, 2.05) is 20.8 Å². The first-order chi connectivity index (χ1) is 7.47. The fraction of sp³-hybridized carbons (Fsp3) is 0.917. The van der Waals surface area contributed by atoms with Gasteiger partial charge in [0.25, 0.3) is 0 Å². The van der Waals surface area contributed by atoms with E-state index in [0.717, 1.165) is 12.8 Å². The number of ether oxygens (including phenoxy) is 1. The van der Waals surface area contributed by atoms with Gasteiger partial charge >= 0.3 is 5.97 Å². The van der Waals surface area contributed by atoms with Crippen molar-refractivity contribution in [2.24, 2.45) is 0 Å². The van der Waals surface area contributed by atoms with Gasteiger partial charge in [-0.3, -0.25) is 10.1 Å². The number of rotatable bonds is 9. The summed E-state index contributed by atoms with van der Waals surface area (Å²) in [4.78, 5) is 11.0. The Bertz CT molecular complexity index is 195. The molecule has 0 saturated carbocycles. The third-order valence-electron chi connectivity index (χ3n) is 2.31. The molecule has 0 saturated heterocycles. The first-order valence-corrected chi connectivity index (χ1v) is 6.07. The lowest BCUT2D eigenvalue weighted by Gasteiger charge is -2.21. The lowest BCUT2D eigenvalue weighted by atomic mass is 10.1. The van der Waals surface area contributed by atoms with Crippen LogP contribution in [0, 0.1) is 0 Å². The largest absolute Gasteiger partial charge is 0.480 e. The smallest absolute Gasteiger partial charge is 0.320 e. The Balaban J connectivity index is 3.92. The summed E-state index contributed by atoms with van der Waals surface area (Å²) in [6.07, 6.45) is 2.81. The minimum Gasteiger partial charge on any atom is -0.480 e. The van der Waals surface area contributed by atoms with Crippen molar-refractivity contribution in [1.29, 1.82) is 0 Å². The molecule has 0 aliphatic rings. The summed E-state index contributed by atoms with van der Waals surface area (Å²) in [6, 6.07) is -0.383. The molecule has 0 aliphatic heterocycles. The van der Waals surface area contributed by atoms with Crippen molar-refractivity contribution in [2.75, 3.05) is 6.61 Å². The first kappa shape index (κ1) is 15.4. The van der Waals surface area contributed by atoms with Gasteiger partial charge in [0, 0.05) is 6.04 Å². The number of nitrogens with one attached hydrogen (secondary N) is 1. The maximum atomic E-state index is 11.0. The van der Waals surface area contributed by atoms with E-state index in [4.69, 9.17) is 9.84 Å². The molecule has 2 atom stereocenters. The van der Waals surface area contributed by atoms with Crippen molar-refractivity contribution in [1.82, 2.24) is 5.32 Å². The fourth-order valence-electron chi connectivity index (χ4n) is 1.41. The van der Waals surface area contributed by atoms with E-state index in [0.29, 0.717) is 13.0 Å². The summed E-state index contributed by atoms with van der Waals surface area (Å²) >= 11 is 0. The number of hydrogen-bond donors (Lipinski definition) is 2. The minimum absolute atomic E-state index is 0.0698. The Morgan fingerprint density at radius 2 is 2.00 bits per heavy atom. The summed E-state index contributed by atoms with van der Waals surface area (Å²) in [5.74, 6) is -0.773. The van der Waals surface area contributed by atoms with Crippen LogP contribution in [0.2, 0.25) is 0 Å². The Kier molecular flexibility index (Phi) is 8.21. The Morgan fingerprint density at radius 1 is 1.38 bits per heavy atom. The minimum atomic E-state index is -0.773. The van der Waals surface area contributed by atoms with Crippen molar-refractivity contribution in [3.63, 3.8) is 0 Å². The third kappa shape index (κ3) is 7.65. The molecular weight excluding hydrogens is 206 g/mol. The molecule has 0 radical (unpaired) electrons.